The molecule has 35 heavy (non-hydrogen) atoms. The zero-order valence-corrected chi connectivity index (χ0v) is 20.1. The van der Waals surface area contributed by atoms with Gasteiger partial charge in [-0.15, -0.1) is 0 Å². The van der Waals surface area contributed by atoms with Gasteiger partial charge in [0.1, 0.15) is 11.6 Å². The molecule has 2 heterocycles. The lowest BCUT2D eigenvalue weighted by Gasteiger charge is -2.41. The highest BCUT2D eigenvalue weighted by Crippen LogP contribution is 2.53. The molecule has 0 unspecified atom stereocenters. The monoisotopic (exact) mass is 469 g/mol. The van der Waals surface area contributed by atoms with Crippen LogP contribution in [0.5, 0.6) is 0 Å². The minimum atomic E-state index is -0.419. The number of carbonyl (C=O) groups excluding carboxylic acids is 1. The second kappa shape index (κ2) is 8.58. The normalized spacial score (nSPS) is 20.1. The van der Waals surface area contributed by atoms with Crippen LogP contribution < -0.4 is 4.90 Å². The Balaban J connectivity index is 1.85. The molecule has 0 amide bonds. The van der Waals surface area contributed by atoms with Crippen LogP contribution in [0.4, 0.5) is 17.1 Å². The number of carbonyl (C=O) groups is 1. The van der Waals surface area contributed by atoms with Crippen molar-refractivity contribution in [3.05, 3.63) is 75.7 Å². The van der Waals surface area contributed by atoms with Gasteiger partial charge in [0.15, 0.2) is 0 Å². The second-order valence-electron chi connectivity index (χ2n) is 9.46. The Bertz CT molecular complexity index is 1410. The van der Waals surface area contributed by atoms with E-state index in [2.05, 4.69) is 16.7 Å². The van der Waals surface area contributed by atoms with Crippen molar-refractivity contribution in [2.45, 2.75) is 31.6 Å². The number of aromatic nitrogens is 1. The number of non-ortho nitro benzene ring substituents is 1. The zero-order chi connectivity index (χ0) is 24.9. The molecule has 1 aromatic heterocycles. The molecule has 8 nitrogen and oxygen atoms in total. The van der Waals surface area contributed by atoms with Gasteiger partial charge >= 0.3 is 0 Å². The second-order valence-corrected chi connectivity index (χ2v) is 9.46. The summed E-state index contributed by atoms with van der Waals surface area (Å²) in [7, 11) is 5.77. The Morgan fingerprint density at radius 1 is 1.11 bits per heavy atom. The number of nitro benzene ring substituents is 1. The first-order chi connectivity index (χ1) is 16.8. The summed E-state index contributed by atoms with van der Waals surface area (Å²) in [5, 5.41) is 22.8. The highest BCUT2D eigenvalue weighted by Gasteiger charge is 2.45. The van der Waals surface area contributed by atoms with E-state index in [0.717, 1.165) is 47.2 Å². The molecular weight excluding hydrogens is 442 g/mol. The molecule has 0 saturated heterocycles. The summed E-state index contributed by atoms with van der Waals surface area (Å²) in [5.41, 5.74) is 4.14. The lowest BCUT2D eigenvalue weighted by Crippen LogP contribution is -2.38. The summed E-state index contributed by atoms with van der Waals surface area (Å²) in [6.45, 7) is 0. The third kappa shape index (κ3) is 3.46. The van der Waals surface area contributed by atoms with Crippen LogP contribution in [-0.4, -0.2) is 34.3 Å². The van der Waals surface area contributed by atoms with Gasteiger partial charge in [-0.05, 0) is 31.0 Å². The largest absolute Gasteiger partial charge is 0.363 e. The number of nitro groups is 1. The van der Waals surface area contributed by atoms with E-state index in [1.54, 1.807) is 12.1 Å². The van der Waals surface area contributed by atoms with E-state index in [0.29, 0.717) is 17.8 Å². The average molecular weight is 470 g/mol. The fourth-order valence-electron chi connectivity index (χ4n) is 5.78. The average Bonchev–Trinajstić information content (AvgIpc) is 3.15. The van der Waals surface area contributed by atoms with Crippen LogP contribution in [0, 0.1) is 27.4 Å². The van der Waals surface area contributed by atoms with Gasteiger partial charge < -0.3 is 9.47 Å². The van der Waals surface area contributed by atoms with Crippen molar-refractivity contribution < 1.29 is 9.72 Å². The molecule has 8 heteroatoms. The van der Waals surface area contributed by atoms with Crippen LogP contribution in [0.15, 0.2) is 59.9 Å². The number of fused-ring (bicyclic) bond motifs is 3. The molecule has 1 saturated carbocycles. The third-order valence-electron chi connectivity index (χ3n) is 7.27. The van der Waals surface area contributed by atoms with E-state index >= 15 is 0 Å². The van der Waals surface area contributed by atoms with E-state index in [1.165, 1.54) is 12.1 Å². The van der Waals surface area contributed by atoms with Gasteiger partial charge in [0.05, 0.1) is 33.5 Å². The maximum atomic E-state index is 13.2. The van der Waals surface area contributed by atoms with Gasteiger partial charge in [0, 0.05) is 62.6 Å². The van der Waals surface area contributed by atoms with E-state index in [1.807, 2.05) is 49.1 Å². The Kier molecular flexibility index (Phi) is 5.56. The number of nitrogens with zero attached hydrogens (tertiary/aromatic N) is 5. The van der Waals surface area contributed by atoms with Crippen molar-refractivity contribution in [1.82, 2.24) is 9.47 Å². The van der Waals surface area contributed by atoms with Gasteiger partial charge in [-0.2, -0.15) is 5.26 Å². The molecule has 0 N–H and O–H groups in total. The number of nitriles is 1. The maximum Gasteiger partial charge on any atom is 0.269 e. The highest BCUT2D eigenvalue weighted by atomic mass is 16.6. The van der Waals surface area contributed by atoms with Crippen LogP contribution in [0.2, 0.25) is 0 Å². The molecule has 2 aromatic carbocycles. The fraction of sp³-hybridized carbons (Fsp3) is 0.333. The summed E-state index contributed by atoms with van der Waals surface area (Å²) < 4.78 is 2.11. The molecule has 5 rings (SSSR count). The first kappa shape index (κ1) is 22.7. The van der Waals surface area contributed by atoms with Crippen molar-refractivity contribution in [1.29, 1.82) is 5.26 Å². The summed E-state index contributed by atoms with van der Waals surface area (Å²) in [4.78, 5) is 28.0. The number of benzene rings is 2. The van der Waals surface area contributed by atoms with Gasteiger partial charge in [-0.1, -0.05) is 24.6 Å². The first-order valence-corrected chi connectivity index (χ1v) is 11.8. The summed E-state index contributed by atoms with van der Waals surface area (Å²) in [5.74, 6) is 0.293. The topological polar surface area (TPSA) is 95.4 Å². The van der Waals surface area contributed by atoms with Gasteiger partial charge in [0.25, 0.3) is 5.69 Å². The number of rotatable bonds is 4. The Morgan fingerprint density at radius 3 is 2.46 bits per heavy atom. The van der Waals surface area contributed by atoms with Crippen molar-refractivity contribution >= 4 is 33.7 Å². The number of ketones is 1. The summed E-state index contributed by atoms with van der Waals surface area (Å²) in [6.07, 6.45) is 3.16. The lowest BCUT2D eigenvalue weighted by molar-refractivity contribution is -0.384. The zero-order valence-electron chi connectivity index (χ0n) is 20.1. The fourth-order valence-corrected chi connectivity index (χ4v) is 5.78. The van der Waals surface area contributed by atoms with Crippen molar-refractivity contribution in [2.75, 3.05) is 19.0 Å². The molecule has 0 spiro atoms. The SMILES string of the molecule is CN(C)C1=C(C#N)[C@H]([C@@H]2CCCCC2=O)c2c(c3ccccc3n2C)N1c1ccc([N+](=O)[O-])cc1. The molecule has 3 aromatic rings. The minimum Gasteiger partial charge on any atom is -0.363 e. The van der Waals surface area contributed by atoms with Crippen LogP contribution in [0.25, 0.3) is 10.9 Å². The van der Waals surface area contributed by atoms with Gasteiger partial charge in [0.2, 0.25) is 0 Å². The number of aryl methyl sites for hydroxylation is 1. The summed E-state index contributed by atoms with van der Waals surface area (Å²) in [6, 6.07) is 16.9. The van der Waals surface area contributed by atoms with E-state index in [9.17, 15) is 20.2 Å². The lowest BCUT2D eigenvalue weighted by atomic mass is 9.72. The smallest absolute Gasteiger partial charge is 0.269 e. The Morgan fingerprint density at radius 2 is 1.83 bits per heavy atom. The van der Waals surface area contributed by atoms with Crippen molar-refractivity contribution in [2.24, 2.45) is 13.0 Å². The molecule has 2 aliphatic rings. The highest BCUT2D eigenvalue weighted by molar-refractivity contribution is 6.01. The van der Waals surface area contributed by atoms with Crippen LogP contribution in [0.3, 0.4) is 0 Å². The number of anilines is 2. The quantitative estimate of drug-likeness (QED) is 0.376. The molecule has 1 aliphatic heterocycles. The molecule has 0 bridgehead atoms. The van der Waals surface area contributed by atoms with E-state index in [4.69, 9.17) is 0 Å². The molecule has 0 radical (unpaired) electrons. The Labute approximate surface area is 203 Å². The number of hydrogen-bond acceptors (Lipinski definition) is 6. The van der Waals surface area contributed by atoms with Crippen LogP contribution in [-0.2, 0) is 11.8 Å². The first-order valence-electron chi connectivity index (χ1n) is 11.8. The number of allylic oxidation sites excluding steroid dienone is 1. The van der Waals surface area contributed by atoms with Crippen molar-refractivity contribution in [3.8, 4) is 6.07 Å². The standard InChI is InChI=1S/C27H27N5O3/c1-29(2)27-21(16-28)24(20-9-5-7-11-23(20)33)26-25(19-8-4-6-10-22(19)30(26)3)31(27)17-12-14-18(15-13-17)32(34)35/h4,6,8,10,12-15,20,24H,5,7,9,11H2,1-3H3/t20-,24+/m1/s1. The minimum absolute atomic E-state index is 0.00507. The van der Waals surface area contributed by atoms with Crippen LogP contribution >= 0.6 is 0 Å². The van der Waals surface area contributed by atoms with E-state index < -0.39 is 4.92 Å². The van der Waals surface area contributed by atoms with Gasteiger partial charge in [-0.3, -0.25) is 19.8 Å². The third-order valence-corrected chi connectivity index (χ3v) is 7.27. The van der Waals surface area contributed by atoms with Gasteiger partial charge in [-0.25, -0.2) is 0 Å². The predicted molar refractivity (Wildman–Crippen MR) is 134 cm³/mol. The number of para-hydroxylation sites is 1. The molecular formula is C27H27N5O3. The Hall–Kier alpha value is -4.12. The van der Waals surface area contributed by atoms with Crippen molar-refractivity contribution in [3.63, 3.8) is 0 Å². The molecule has 2 atom stereocenters. The molecule has 1 fully saturated rings. The molecule has 1 aliphatic carbocycles. The number of Topliss-reactive ketones (excluding diaryl/α,β-unsaturated/α-hetero) is 1. The summed E-state index contributed by atoms with van der Waals surface area (Å²) >= 11 is 0. The predicted octanol–water partition coefficient (Wildman–Crippen LogP) is 5.38. The van der Waals surface area contributed by atoms with E-state index in [-0.39, 0.29) is 23.3 Å². The van der Waals surface area contributed by atoms with Crippen LogP contribution in [0.1, 0.15) is 37.3 Å². The molecule has 178 valence electrons. The number of hydrogen-bond donors (Lipinski definition) is 0. The maximum absolute atomic E-state index is 13.2.